The van der Waals surface area contributed by atoms with Gasteiger partial charge in [-0.3, -0.25) is 4.79 Å². The number of aryl methyl sites for hydroxylation is 1. The molecule has 0 spiro atoms. The van der Waals surface area contributed by atoms with E-state index in [2.05, 4.69) is 26.2 Å². The highest BCUT2D eigenvalue weighted by Gasteiger charge is 2.15. The zero-order valence-electron chi connectivity index (χ0n) is 10.2. The van der Waals surface area contributed by atoms with Gasteiger partial charge in [-0.1, -0.05) is 17.3 Å². The highest BCUT2D eigenvalue weighted by molar-refractivity contribution is 9.10. The lowest BCUT2D eigenvalue weighted by molar-refractivity contribution is -0.138. The van der Waals surface area contributed by atoms with Crippen molar-refractivity contribution in [3.63, 3.8) is 0 Å². The monoisotopic (exact) mass is 324 g/mol. The molecule has 0 radical (unpaired) electrons. The Hall–Kier alpha value is -1.73. The van der Waals surface area contributed by atoms with Gasteiger partial charge < -0.3 is 10.8 Å². The molecule has 6 nitrogen and oxygen atoms in total. The molecule has 2 aromatic rings. The van der Waals surface area contributed by atoms with E-state index < -0.39 is 12.0 Å². The molecule has 0 aliphatic rings. The topological polar surface area (TPSA) is 94.0 Å². The molecule has 0 aliphatic heterocycles. The number of nitrogens with two attached hydrogens (primary N) is 1. The highest BCUT2D eigenvalue weighted by Crippen LogP contribution is 2.23. The van der Waals surface area contributed by atoms with E-state index in [9.17, 15) is 4.79 Å². The molecule has 0 saturated carbocycles. The van der Waals surface area contributed by atoms with Crippen LogP contribution in [0.25, 0.3) is 5.69 Å². The van der Waals surface area contributed by atoms with Gasteiger partial charge in [0.2, 0.25) is 0 Å². The molecule has 0 aliphatic carbocycles. The molecular weight excluding hydrogens is 312 g/mol. The summed E-state index contributed by atoms with van der Waals surface area (Å²) in [6, 6.07) is 4.82. The number of nitrogens with zero attached hydrogens (tertiary/aromatic N) is 3. The van der Waals surface area contributed by atoms with Gasteiger partial charge in [0.15, 0.2) is 0 Å². The first kappa shape index (κ1) is 13.7. The van der Waals surface area contributed by atoms with Crippen molar-refractivity contribution in [1.82, 2.24) is 15.0 Å². The Kier molecular flexibility index (Phi) is 3.96. The van der Waals surface area contributed by atoms with Crippen molar-refractivity contribution in [3.8, 4) is 5.69 Å². The minimum Gasteiger partial charge on any atom is -0.480 e. The van der Waals surface area contributed by atoms with Crippen molar-refractivity contribution in [2.24, 2.45) is 5.73 Å². The highest BCUT2D eigenvalue weighted by atomic mass is 79.9. The van der Waals surface area contributed by atoms with E-state index in [1.165, 1.54) is 0 Å². The van der Waals surface area contributed by atoms with E-state index >= 15 is 0 Å². The SMILES string of the molecule is Cc1cccc(-n2cc(CC(N)C(=O)O)nn2)c1Br. The Balaban J connectivity index is 2.26. The molecule has 19 heavy (non-hydrogen) atoms. The van der Waals surface area contributed by atoms with Crippen LogP contribution in [0.3, 0.4) is 0 Å². The van der Waals surface area contributed by atoms with Crippen LogP contribution in [0.15, 0.2) is 28.9 Å². The maximum Gasteiger partial charge on any atom is 0.320 e. The van der Waals surface area contributed by atoms with Crippen LogP contribution < -0.4 is 5.73 Å². The standard InChI is InChI=1S/C12H13BrN4O2/c1-7-3-2-4-10(11(7)13)17-6-8(15-16-17)5-9(14)12(18)19/h2-4,6,9H,5,14H2,1H3,(H,18,19). The average Bonchev–Trinajstić information content (AvgIpc) is 2.81. The first-order valence-electron chi connectivity index (χ1n) is 5.64. The third-order valence-corrected chi connectivity index (χ3v) is 3.74. The van der Waals surface area contributed by atoms with Crippen molar-refractivity contribution < 1.29 is 9.90 Å². The van der Waals surface area contributed by atoms with Gasteiger partial charge in [-0.2, -0.15) is 0 Å². The van der Waals surface area contributed by atoms with E-state index in [1.807, 2.05) is 25.1 Å². The summed E-state index contributed by atoms with van der Waals surface area (Å²) in [6.45, 7) is 1.98. The number of hydrogen-bond donors (Lipinski definition) is 2. The van der Waals surface area contributed by atoms with Crippen LogP contribution >= 0.6 is 15.9 Å². The largest absolute Gasteiger partial charge is 0.480 e. The number of aliphatic carboxylic acids is 1. The summed E-state index contributed by atoms with van der Waals surface area (Å²) in [6.07, 6.45) is 1.83. The molecule has 0 saturated heterocycles. The second kappa shape index (κ2) is 5.50. The lowest BCUT2D eigenvalue weighted by Crippen LogP contribution is -2.32. The minimum absolute atomic E-state index is 0.152. The van der Waals surface area contributed by atoms with Gasteiger partial charge in [0.05, 0.1) is 17.6 Å². The molecule has 100 valence electrons. The maximum atomic E-state index is 10.7. The van der Waals surface area contributed by atoms with Crippen LogP contribution in [0.1, 0.15) is 11.3 Å². The lowest BCUT2D eigenvalue weighted by Gasteiger charge is -2.05. The number of hydrogen-bond acceptors (Lipinski definition) is 4. The van der Waals surface area contributed by atoms with E-state index in [0.717, 1.165) is 15.7 Å². The number of aromatic nitrogens is 3. The number of benzene rings is 1. The first-order chi connectivity index (χ1) is 8.99. The Morgan fingerprint density at radius 2 is 2.32 bits per heavy atom. The molecule has 3 N–H and O–H groups in total. The van der Waals surface area contributed by atoms with Crippen molar-refractivity contribution in [1.29, 1.82) is 0 Å². The average molecular weight is 325 g/mol. The summed E-state index contributed by atoms with van der Waals surface area (Å²) in [5.41, 5.74) is 7.94. The van der Waals surface area contributed by atoms with Gasteiger partial charge >= 0.3 is 5.97 Å². The summed E-state index contributed by atoms with van der Waals surface area (Å²) in [4.78, 5) is 10.7. The van der Waals surface area contributed by atoms with Crippen molar-refractivity contribution in [3.05, 3.63) is 40.1 Å². The molecule has 1 atom stereocenters. The Bertz CT molecular complexity index is 612. The van der Waals surface area contributed by atoms with Gasteiger partial charge in [0.1, 0.15) is 6.04 Å². The molecular formula is C12H13BrN4O2. The number of carboxylic acid groups (broad SMARTS) is 1. The fourth-order valence-corrected chi connectivity index (χ4v) is 2.08. The summed E-state index contributed by atoms with van der Waals surface area (Å²) >= 11 is 3.49. The van der Waals surface area contributed by atoms with Gasteiger partial charge in [-0.15, -0.1) is 5.10 Å². The van der Waals surface area contributed by atoms with Crippen LogP contribution in [0.2, 0.25) is 0 Å². The third kappa shape index (κ3) is 2.99. The molecule has 1 heterocycles. The molecule has 1 aromatic heterocycles. The minimum atomic E-state index is -1.05. The summed E-state index contributed by atoms with van der Waals surface area (Å²) < 4.78 is 2.52. The van der Waals surface area contributed by atoms with Crippen molar-refractivity contribution in [2.75, 3.05) is 0 Å². The fraction of sp³-hybridized carbons (Fsp3) is 0.250. The predicted octanol–water partition coefficient (Wildman–Crippen LogP) is 1.29. The zero-order chi connectivity index (χ0) is 14.0. The number of carboxylic acids is 1. The van der Waals surface area contributed by atoms with Gasteiger partial charge in [-0.05, 0) is 34.5 Å². The molecule has 1 aromatic carbocycles. The predicted molar refractivity (Wildman–Crippen MR) is 73.1 cm³/mol. The van der Waals surface area contributed by atoms with Crippen molar-refractivity contribution in [2.45, 2.75) is 19.4 Å². The fourth-order valence-electron chi connectivity index (χ4n) is 1.63. The molecule has 7 heteroatoms. The van der Waals surface area contributed by atoms with E-state index in [1.54, 1.807) is 10.9 Å². The van der Waals surface area contributed by atoms with E-state index in [4.69, 9.17) is 10.8 Å². The zero-order valence-corrected chi connectivity index (χ0v) is 11.8. The van der Waals surface area contributed by atoms with Crippen LogP contribution in [-0.2, 0) is 11.2 Å². The van der Waals surface area contributed by atoms with Gasteiger partial charge in [0, 0.05) is 10.9 Å². The molecule has 2 rings (SSSR count). The third-order valence-electron chi connectivity index (χ3n) is 2.71. The van der Waals surface area contributed by atoms with Crippen LogP contribution in [0, 0.1) is 6.92 Å². The summed E-state index contributed by atoms with van der Waals surface area (Å²) in [7, 11) is 0. The maximum absolute atomic E-state index is 10.7. The van der Waals surface area contributed by atoms with E-state index in [0.29, 0.717) is 5.69 Å². The number of rotatable bonds is 4. The smallest absolute Gasteiger partial charge is 0.320 e. The second-order valence-corrected chi connectivity index (χ2v) is 5.00. The molecule has 0 bridgehead atoms. The first-order valence-corrected chi connectivity index (χ1v) is 6.43. The summed E-state index contributed by atoms with van der Waals surface area (Å²) in [5, 5.41) is 16.7. The second-order valence-electron chi connectivity index (χ2n) is 4.21. The molecule has 0 fully saturated rings. The van der Waals surface area contributed by atoms with Gasteiger partial charge in [0.25, 0.3) is 0 Å². The summed E-state index contributed by atoms with van der Waals surface area (Å²) in [5.74, 6) is -1.05. The number of carbonyl (C=O) groups is 1. The lowest BCUT2D eigenvalue weighted by atomic mass is 10.2. The van der Waals surface area contributed by atoms with Crippen LogP contribution in [-0.4, -0.2) is 32.1 Å². The Morgan fingerprint density at radius 3 is 3.00 bits per heavy atom. The Labute approximate surface area is 118 Å². The van der Waals surface area contributed by atoms with Gasteiger partial charge in [-0.25, -0.2) is 4.68 Å². The Morgan fingerprint density at radius 1 is 1.58 bits per heavy atom. The van der Waals surface area contributed by atoms with Crippen molar-refractivity contribution >= 4 is 21.9 Å². The number of halogens is 1. The van der Waals surface area contributed by atoms with Crippen LogP contribution in [0.4, 0.5) is 0 Å². The van der Waals surface area contributed by atoms with Crippen LogP contribution in [0.5, 0.6) is 0 Å². The molecule has 0 amide bonds. The molecule has 1 unspecified atom stereocenters. The quantitative estimate of drug-likeness (QED) is 0.883. The normalized spacial score (nSPS) is 12.4. The van der Waals surface area contributed by atoms with E-state index in [-0.39, 0.29) is 6.42 Å².